The summed E-state index contributed by atoms with van der Waals surface area (Å²) in [5.74, 6) is -0.368. The molecule has 0 spiro atoms. The largest absolute Gasteiger partial charge is 0.416 e. The first-order chi connectivity index (χ1) is 8.79. The van der Waals surface area contributed by atoms with Gasteiger partial charge in [-0.1, -0.05) is 12.1 Å². The zero-order valence-electron chi connectivity index (χ0n) is 10.3. The van der Waals surface area contributed by atoms with Gasteiger partial charge < -0.3 is 0 Å². The van der Waals surface area contributed by atoms with E-state index in [0.717, 1.165) is 21.9 Å². The molecule has 19 heavy (non-hydrogen) atoms. The first-order valence-electron chi connectivity index (χ1n) is 5.58. The highest BCUT2D eigenvalue weighted by molar-refractivity contribution is 7.12. The molecule has 0 aliphatic carbocycles. The molecular formula is C14H11F3OS. The Morgan fingerprint density at radius 1 is 1.16 bits per heavy atom. The highest BCUT2D eigenvalue weighted by Crippen LogP contribution is 2.30. The second-order valence-electron chi connectivity index (χ2n) is 4.23. The average molecular weight is 284 g/mol. The van der Waals surface area contributed by atoms with Crippen molar-refractivity contribution in [1.82, 2.24) is 0 Å². The Morgan fingerprint density at radius 2 is 1.84 bits per heavy atom. The van der Waals surface area contributed by atoms with Gasteiger partial charge in [-0.15, -0.1) is 11.3 Å². The van der Waals surface area contributed by atoms with Gasteiger partial charge in [0, 0.05) is 20.9 Å². The molecule has 0 saturated carbocycles. The number of ketones is 1. The Labute approximate surface area is 112 Å². The van der Waals surface area contributed by atoms with Crippen LogP contribution in [0.1, 0.15) is 31.2 Å². The zero-order chi connectivity index (χ0) is 14.2. The van der Waals surface area contributed by atoms with E-state index in [1.54, 1.807) is 13.0 Å². The molecule has 0 aliphatic rings. The van der Waals surface area contributed by atoms with Crippen LogP contribution in [0.15, 0.2) is 30.3 Å². The number of carbonyl (C=O) groups is 1. The third-order valence-corrected chi connectivity index (χ3v) is 3.70. The lowest BCUT2D eigenvalue weighted by Gasteiger charge is -2.08. The molecule has 2 rings (SSSR count). The van der Waals surface area contributed by atoms with Gasteiger partial charge >= 0.3 is 6.18 Å². The second-order valence-corrected chi connectivity index (χ2v) is 5.70. The van der Waals surface area contributed by atoms with E-state index in [4.69, 9.17) is 0 Å². The summed E-state index contributed by atoms with van der Waals surface area (Å²) in [5, 5.41) is 0. The van der Waals surface area contributed by atoms with Gasteiger partial charge in [-0.25, -0.2) is 0 Å². The van der Waals surface area contributed by atoms with Gasteiger partial charge in [0.05, 0.1) is 5.56 Å². The monoisotopic (exact) mass is 284 g/mol. The van der Waals surface area contributed by atoms with Gasteiger partial charge in [0.15, 0.2) is 5.78 Å². The van der Waals surface area contributed by atoms with Gasteiger partial charge in [0.25, 0.3) is 0 Å². The number of aryl methyl sites for hydroxylation is 2. The van der Waals surface area contributed by atoms with Crippen molar-refractivity contribution < 1.29 is 18.0 Å². The summed E-state index contributed by atoms with van der Waals surface area (Å²) in [6.07, 6.45) is -4.43. The number of thiophene rings is 1. The maximum Gasteiger partial charge on any atom is 0.416 e. The molecule has 0 radical (unpaired) electrons. The summed E-state index contributed by atoms with van der Waals surface area (Å²) in [5.41, 5.74) is -0.263. The molecule has 1 heterocycles. The van der Waals surface area contributed by atoms with Crippen LogP contribution in [0.3, 0.4) is 0 Å². The van der Waals surface area contributed by atoms with Gasteiger partial charge in [-0.05, 0) is 32.0 Å². The maximum absolute atomic E-state index is 12.6. The fourth-order valence-corrected chi connectivity index (χ4v) is 2.77. The van der Waals surface area contributed by atoms with Gasteiger partial charge in [0.2, 0.25) is 0 Å². The number of halogens is 3. The fraction of sp³-hybridized carbons (Fsp3) is 0.214. The normalized spacial score (nSPS) is 11.6. The van der Waals surface area contributed by atoms with Crippen LogP contribution in [0.4, 0.5) is 13.2 Å². The minimum Gasteiger partial charge on any atom is -0.289 e. The highest BCUT2D eigenvalue weighted by Gasteiger charge is 2.31. The lowest BCUT2D eigenvalue weighted by atomic mass is 10.0. The molecule has 0 amide bonds. The first kappa shape index (κ1) is 13.8. The smallest absolute Gasteiger partial charge is 0.289 e. The molecule has 1 aromatic heterocycles. The molecule has 0 saturated heterocycles. The molecule has 1 aromatic carbocycles. The summed E-state index contributed by atoms with van der Waals surface area (Å²) in [6, 6.07) is 6.23. The van der Waals surface area contributed by atoms with Crippen molar-refractivity contribution in [3.8, 4) is 0 Å². The van der Waals surface area contributed by atoms with Crippen molar-refractivity contribution in [2.75, 3.05) is 0 Å². The SMILES string of the molecule is Cc1cc(C(=O)c2cccc(C(F)(F)F)c2)c(C)s1. The van der Waals surface area contributed by atoms with Crippen LogP contribution in [0.25, 0.3) is 0 Å². The van der Waals surface area contributed by atoms with E-state index in [1.165, 1.54) is 23.5 Å². The van der Waals surface area contributed by atoms with Crippen LogP contribution in [-0.4, -0.2) is 5.78 Å². The molecule has 0 bridgehead atoms. The van der Waals surface area contributed by atoms with Crippen molar-refractivity contribution in [2.24, 2.45) is 0 Å². The van der Waals surface area contributed by atoms with Crippen molar-refractivity contribution >= 4 is 17.1 Å². The third kappa shape index (κ3) is 2.87. The Kier molecular flexibility index (Phi) is 3.49. The predicted molar refractivity (Wildman–Crippen MR) is 68.7 cm³/mol. The van der Waals surface area contributed by atoms with Crippen molar-refractivity contribution in [3.63, 3.8) is 0 Å². The lowest BCUT2D eigenvalue weighted by molar-refractivity contribution is -0.137. The minimum absolute atomic E-state index is 0.0655. The highest BCUT2D eigenvalue weighted by atomic mass is 32.1. The topological polar surface area (TPSA) is 17.1 Å². The number of carbonyl (C=O) groups excluding carboxylic acids is 1. The molecule has 2 aromatic rings. The maximum atomic E-state index is 12.6. The van der Waals surface area contributed by atoms with E-state index in [-0.39, 0.29) is 11.3 Å². The summed E-state index contributed by atoms with van der Waals surface area (Å²) in [4.78, 5) is 14.0. The van der Waals surface area contributed by atoms with Crippen molar-refractivity contribution in [2.45, 2.75) is 20.0 Å². The van der Waals surface area contributed by atoms with Crippen LogP contribution >= 0.6 is 11.3 Å². The Bertz CT molecular complexity index is 626. The van der Waals surface area contributed by atoms with Gasteiger partial charge in [0.1, 0.15) is 0 Å². The van der Waals surface area contributed by atoms with Crippen LogP contribution in [0, 0.1) is 13.8 Å². The van der Waals surface area contributed by atoms with E-state index in [2.05, 4.69) is 0 Å². The summed E-state index contributed by atoms with van der Waals surface area (Å²) in [7, 11) is 0. The van der Waals surface area contributed by atoms with Crippen molar-refractivity contribution in [1.29, 1.82) is 0 Å². The molecule has 0 atom stereocenters. The second kappa shape index (κ2) is 4.81. The molecule has 5 heteroatoms. The molecule has 0 unspecified atom stereocenters. The molecular weight excluding hydrogens is 273 g/mol. The first-order valence-corrected chi connectivity index (χ1v) is 6.39. The summed E-state index contributed by atoms with van der Waals surface area (Å²) >= 11 is 1.46. The Hall–Kier alpha value is -1.62. The number of rotatable bonds is 2. The molecule has 1 nitrogen and oxygen atoms in total. The molecule has 0 fully saturated rings. The average Bonchev–Trinajstić information content (AvgIpc) is 2.66. The summed E-state index contributed by atoms with van der Waals surface area (Å²) < 4.78 is 37.8. The van der Waals surface area contributed by atoms with E-state index in [0.29, 0.717) is 5.56 Å². The fourth-order valence-electron chi connectivity index (χ4n) is 1.85. The lowest BCUT2D eigenvalue weighted by Crippen LogP contribution is -2.08. The van der Waals surface area contributed by atoms with Crippen LogP contribution in [0.5, 0.6) is 0 Å². The number of benzene rings is 1. The zero-order valence-corrected chi connectivity index (χ0v) is 11.2. The van der Waals surface area contributed by atoms with E-state index in [9.17, 15) is 18.0 Å². The van der Waals surface area contributed by atoms with Crippen molar-refractivity contribution in [3.05, 3.63) is 56.8 Å². The summed E-state index contributed by atoms with van der Waals surface area (Å²) in [6.45, 7) is 3.65. The van der Waals surface area contributed by atoms with Crippen LogP contribution in [-0.2, 0) is 6.18 Å². The third-order valence-electron chi connectivity index (χ3n) is 2.74. The standard InChI is InChI=1S/C14H11F3OS/c1-8-6-12(9(2)19-8)13(18)10-4-3-5-11(7-10)14(15,16)17/h3-7H,1-2H3. The Balaban J connectivity index is 2.43. The number of hydrogen-bond donors (Lipinski definition) is 0. The van der Waals surface area contributed by atoms with E-state index in [1.807, 2.05) is 6.92 Å². The van der Waals surface area contributed by atoms with Gasteiger partial charge in [-0.2, -0.15) is 13.2 Å². The number of hydrogen-bond acceptors (Lipinski definition) is 2. The van der Waals surface area contributed by atoms with Gasteiger partial charge in [-0.3, -0.25) is 4.79 Å². The molecule has 0 aliphatic heterocycles. The van der Waals surface area contributed by atoms with Crippen LogP contribution in [0.2, 0.25) is 0 Å². The quantitative estimate of drug-likeness (QED) is 0.736. The Morgan fingerprint density at radius 3 is 2.37 bits per heavy atom. The molecule has 0 N–H and O–H groups in total. The van der Waals surface area contributed by atoms with E-state index >= 15 is 0 Å². The van der Waals surface area contributed by atoms with E-state index < -0.39 is 11.7 Å². The molecule has 100 valence electrons. The minimum atomic E-state index is -4.43. The number of alkyl halides is 3. The predicted octanol–water partition coefficient (Wildman–Crippen LogP) is 4.61. The van der Waals surface area contributed by atoms with Crippen LogP contribution < -0.4 is 0 Å².